The van der Waals surface area contributed by atoms with Crippen LogP contribution >= 0.6 is 0 Å². The summed E-state index contributed by atoms with van der Waals surface area (Å²) in [6.45, 7) is 6.19. The molecule has 0 bridgehead atoms. The van der Waals surface area contributed by atoms with Gasteiger partial charge in [-0.15, -0.1) is 0 Å². The molecule has 0 aliphatic carbocycles. The lowest BCUT2D eigenvalue weighted by molar-refractivity contribution is 0.0803. The maximum absolute atomic E-state index is 12.5. The van der Waals surface area contributed by atoms with E-state index in [0.29, 0.717) is 25.3 Å². The molecule has 6 nitrogen and oxygen atoms in total. The number of carbonyl (C=O) groups is 1. The van der Waals surface area contributed by atoms with Crippen molar-refractivity contribution in [2.45, 2.75) is 45.3 Å². The zero-order valence-corrected chi connectivity index (χ0v) is 16.4. The molecule has 0 radical (unpaired) electrons. The Morgan fingerprint density at radius 2 is 2.00 bits per heavy atom. The number of likely N-dealkylation sites (tertiary alicyclic amines) is 1. The van der Waals surface area contributed by atoms with Gasteiger partial charge in [-0.2, -0.15) is 0 Å². The molecule has 0 spiro atoms. The van der Waals surface area contributed by atoms with Crippen molar-refractivity contribution in [3.8, 4) is 11.5 Å². The van der Waals surface area contributed by atoms with E-state index in [1.807, 2.05) is 30.3 Å². The van der Waals surface area contributed by atoms with Crippen LogP contribution in [-0.2, 0) is 13.0 Å². The molecule has 1 fully saturated rings. The van der Waals surface area contributed by atoms with Gasteiger partial charge in [0.15, 0.2) is 17.3 Å². The summed E-state index contributed by atoms with van der Waals surface area (Å²) in [5.41, 5.74) is 1.13. The summed E-state index contributed by atoms with van der Waals surface area (Å²) in [7, 11) is 0. The van der Waals surface area contributed by atoms with Gasteiger partial charge in [0.1, 0.15) is 18.5 Å². The summed E-state index contributed by atoms with van der Waals surface area (Å²) in [6.07, 6.45) is 3.92. The van der Waals surface area contributed by atoms with Gasteiger partial charge in [-0.3, -0.25) is 9.69 Å². The Balaban J connectivity index is 1.28. The second-order valence-corrected chi connectivity index (χ2v) is 7.44. The normalized spacial score (nSPS) is 19.0. The molecule has 1 N–H and O–H groups in total. The number of hydrogen-bond acceptors (Lipinski definition) is 5. The molecule has 3 heterocycles. The van der Waals surface area contributed by atoms with Gasteiger partial charge in [-0.25, -0.2) is 0 Å². The molecular formula is C22H28N2O4. The van der Waals surface area contributed by atoms with Crippen LogP contribution in [0.3, 0.4) is 0 Å². The molecule has 4 rings (SSSR count). The zero-order chi connectivity index (χ0) is 19.3. The van der Waals surface area contributed by atoms with E-state index < -0.39 is 0 Å². The zero-order valence-electron chi connectivity index (χ0n) is 16.4. The van der Waals surface area contributed by atoms with Gasteiger partial charge >= 0.3 is 0 Å². The van der Waals surface area contributed by atoms with Gasteiger partial charge in [0.2, 0.25) is 0 Å². The van der Waals surface area contributed by atoms with Crippen LogP contribution in [0, 0.1) is 0 Å². The molecule has 2 aliphatic rings. The van der Waals surface area contributed by atoms with Crippen molar-refractivity contribution in [2.75, 3.05) is 26.2 Å². The first kappa shape index (κ1) is 18.9. The number of amides is 1. The van der Waals surface area contributed by atoms with Crippen molar-refractivity contribution in [3.05, 3.63) is 47.4 Å². The number of rotatable bonds is 7. The number of nitrogens with one attached hydrogen (secondary N) is 1. The lowest BCUT2D eigenvalue weighted by Gasteiger charge is -2.26. The molecule has 150 valence electrons. The summed E-state index contributed by atoms with van der Waals surface area (Å²) >= 11 is 0. The topological polar surface area (TPSA) is 63.9 Å². The van der Waals surface area contributed by atoms with Crippen LogP contribution in [-0.4, -0.2) is 43.2 Å². The summed E-state index contributed by atoms with van der Waals surface area (Å²) in [4.78, 5) is 14.9. The molecule has 1 atom stereocenters. The fourth-order valence-corrected chi connectivity index (χ4v) is 3.83. The number of fused-ring (bicyclic) bond motifs is 1. The van der Waals surface area contributed by atoms with E-state index in [1.54, 1.807) is 0 Å². The first-order valence-corrected chi connectivity index (χ1v) is 10.2. The fraction of sp³-hybridized carbons (Fsp3) is 0.500. The van der Waals surface area contributed by atoms with Crippen LogP contribution < -0.4 is 14.8 Å². The van der Waals surface area contributed by atoms with Crippen LogP contribution in [0.5, 0.6) is 11.5 Å². The standard InChI is InChI=1S/C22H28N2O4/c1-2-18-16(14-24-11-5-6-12-24)13-21(28-18)22(25)23-10-9-17-15-26-19-7-3-4-8-20(19)27-17/h3-4,7-8,13,17H,2,5-6,9-12,14-15H2,1H3,(H,23,25)/t17-/m0/s1. The molecule has 1 amide bonds. The van der Waals surface area contributed by atoms with Crippen molar-refractivity contribution in [1.82, 2.24) is 10.2 Å². The quantitative estimate of drug-likeness (QED) is 0.793. The highest BCUT2D eigenvalue weighted by Gasteiger charge is 2.22. The monoisotopic (exact) mass is 384 g/mol. The molecule has 28 heavy (non-hydrogen) atoms. The molecule has 1 aromatic heterocycles. The minimum Gasteiger partial charge on any atom is -0.486 e. The van der Waals surface area contributed by atoms with E-state index in [4.69, 9.17) is 13.9 Å². The highest BCUT2D eigenvalue weighted by Crippen LogP contribution is 2.31. The predicted molar refractivity (Wildman–Crippen MR) is 106 cm³/mol. The van der Waals surface area contributed by atoms with Crippen molar-refractivity contribution in [2.24, 2.45) is 0 Å². The first-order valence-electron chi connectivity index (χ1n) is 10.2. The number of furan rings is 1. The average molecular weight is 384 g/mol. The molecular weight excluding hydrogens is 356 g/mol. The Morgan fingerprint density at radius 1 is 1.21 bits per heavy atom. The van der Waals surface area contributed by atoms with Gasteiger partial charge in [-0.1, -0.05) is 19.1 Å². The molecule has 1 aromatic carbocycles. The van der Waals surface area contributed by atoms with Crippen LogP contribution in [0.1, 0.15) is 48.1 Å². The smallest absolute Gasteiger partial charge is 0.287 e. The minimum absolute atomic E-state index is 0.0660. The maximum atomic E-state index is 12.5. The fourth-order valence-electron chi connectivity index (χ4n) is 3.83. The van der Waals surface area contributed by atoms with Gasteiger partial charge in [-0.05, 0) is 44.1 Å². The second kappa shape index (κ2) is 8.69. The average Bonchev–Trinajstić information content (AvgIpc) is 3.38. The highest BCUT2D eigenvalue weighted by atomic mass is 16.6. The Hall–Kier alpha value is -2.47. The summed E-state index contributed by atoms with van der Waals surface area (Å²) in [5.74, 6) is 2.68. The Bertz CT molecular complexity index is 811. The lowest BCUT2D eigenvalue weighted by Crippen LogP contribution is -2.34. The lowest BCUT2D eigenvalue weighted by atomic mass is 10.2. The van der Waals surface area contributed by atoms with Gasteiger partial charge in [0.05, 0.1) is 0 Å². The van der Waals surface area contributed by atoms with Crippen molar-refractivity contribution < 1.29 is 18.7 Å². The van der Waals surface area contributed by atoms with Gasteiger partial charge in [0.25, 0.3) is 5.91 Å². The Labute approximate surface area is 165 Å². The number of nitrogens with zero attached hydrogens (tertiary/aromatic N) is 1. The molecule has 6 heteroatoms. The number of benzene rings is 1. The Kier molecular flexibility index (Phi) is 5.86. The highest BCUT2D eigenvalue weighted by molar-refractivity contribution is 5.91. The number of ether oxygens (including phenoxy) is 2. The SMILES string of the molecule is CCc1oc(C(=O)NCC[C@H]2COc3ccccc3O2)cc1CN1CCCC1. The molecule has 0 saturated carbocycles. The van der Waals surface area contributed by atoms with Gasteiger partial charge in [0, 0.05) is 31.5 Å². The van der Waals surface area contributed by atoms with Crippen molar-refractivity contribution in [1.29, 1.82) is 0 Å². The van der Waals surface area contributed by atoms with Gasteiger partial charge < -0.3 is 19.2 Å². The van der Waals surface area contributed by atoms with E-state index in [0.717, 1.165) is 48.9 Å². The van der Waals surface area contributed by atoms with Crippen LogP contribution in [0.4, 0.5) is 0 Å². The van der Waals surface area contributed by atoms with E-state index in [2.05, 4.69) is 17.1 Å². The van der Waals surface area contributed by atoms with E-state index in [1.165, 1.54) is 12.8 Å². The van der Waals surface area contributed by atoms with Crippen molar-refractivity contribution in [3.63, 3.8) is 0 Å². The molecule has 2 aromatic rings. The van der Waals surface area contributed by atoms with Crippen molar-refractivity contribution >= 4 is 5.91 Å². The molecule has 0 unspecified atom stereocenters. The predicted octanol–water partition coefficient (Wildman–Crippen LogP) is 3.40. The first-order chi connectivity index (χ1) is 13.7. The summed E-state index contributed by atoms with van der Waals surface area (Å²) < 4.78 is 17.5. The minimum atomic E-state index is -0.167. The van der Waals surface area contributed by atoms with Crippen LogP contribution in [0.15, 0.2) is 34.7 Å². The third-order valence-corrected chi connectivity index (χ3v) is 5.35. The number of hydrogen-bond donors (Lipinski definition) is 1. The van der Waals surface area contributed by atoms with E-state index in [-0.39, 0.29) is 12.0 Å². The molecule has 1 saturated heterocycles. The number of para-hydroxylation sites is 2. The van der Waals surface area contributed by atoms with Crippen LogP contribution in [0.25, 0.3) is 0 Å². The molecule has 2 aliphatic heterocycles. The largest absolute Gasteiger partial charge is 0.486 e. The third-order valence-electron chi connectivity index (χ3n) is 5.35. The number of aryl methyl sites for hydroxylation is 1. The van der Waals surface area contributed by atoms with E-state index in [9.17, 15) is 4.79 Å². The van der Waals surface area contributed by atoms with E-state index >= 15 is 0 Å². The second-order valence-electron chi connectivity index (χ2n) is 7.44. The Morgan fingerprint density at radius 3 is 2.79 bits per heavy atom. The maximum Gasteiger partial charge on any atom is 0.287 e. The third kappa shape index (κ3) is 4.33. The van der Waals surface area contributed by atoms with Crippen LogP contribution in [0.2, 0.25) is 0 Å². The summed E-state index contributed by atoms with van der Waals surface area (Å²) in [6, 6.07) is 9.55. The summed E-state index contributed by atoms with van der Waals surface area (Å²) in [5, 5.41) is 2.95. The number of carbonyl (C=O) groups excluding carboxylic acids is 1.